The summed E-state index contributed by atoms with van der Waals surface area (Å²) in [5.74, 6) is 0.183. The number of fused-ring (bicyclic) bond motifs is 1. The van der Waals surface area contributed by atoms with Crippen LogP contribution in [0.4, 0.5) is 8.78 Å². The van der Waals surface area contributed by atoms with E-state index in [1.165, 1.54) is 0 Å². The quantitative estimate of drug-likeness (QED) is 0.569. The van der Waals surface area contributed by atoms with Gasteiger partial charge in [0.1, 0.15) is 30.0 Å². The first-order chi connectivity index (χ1) is 14.9. The molecule has 3 aromatic rings. The largest absolute Gasteiger partial charge is 0.334 e. The molecule has 0 bridgehead atoms. The molecule has 1 saturated carbocycles. The molecular formula is C20H18ClF2N5O2S. The molecule has 1 N–H and O–H groups in total. The topological polar surface area (TPSA) is 101 Å². The van der Waals surface area contributed by atoms with Crippen LogP contribution in [0, 0.1) is 11.3 Å². The van der Waals surface area contributed by atoms with E-state index in [-0.39, 0.29) is 16.8 Å². The number of alkyl halides is 2. The molecule has 0 aliphatic heterocycles. The molecule has 2 aromatic heterocycles. The van der Waals surface area contributed by atoms with Gasteiger partial charge in [0.05, 0.1) is 29.5 Å². The van der Waals surface area contributed by atoms with Crippen molar-refractivity contribution in [2.75, 3.05) is 13.3 Å². The van der Waals surface area contributed by atoms with Gasteiger partial charge in [0.15, 0.2) is 5.82 Å². The van der Waals surface area contributed by atoms with Crippen LogP contribution in [0.15, 0.2) is 35.5 Å². The van der Waals surface area contributed by atoms with E-state index in [1.54, 1.807) is 12.1 Å². The van der Waals surface area contributed by atoms with E-state index < -0.39 is 29.4 Å². The predicted octanol–water partition coefficient (Wildman–Crippen LogP) is 3.93. The fourth-order valence-electron chi connectivity index (χ4n) is 3.61. The van der Waals surface area contributed by atoms with Gasteiger partial charge in [-0.2, -0.15) is 5.26 Å². The van der Waals surface area contributed by atoms with Crippen LogP contribution in [-0.4, -0.2) is 42.3 Å². The van der Waals surface area contributed by atoms with Crippen LogP contribution in [0.3, 0.4) is 0 Å². The van der Waals surface area contributed by atoms with Crippen LogP contribution in [0.1, 0.15) is 30.9 Å². The predicted molar refractivity (Wildman–Crippen MR) is 112 cm³/mol. The lowest BCUT2D eigenvalue weighted by atomic mass is 9.92. The Hall–Kier alpha value is -2.61. The molecule has 0 radical (unpaired) electrons. The number of hydrogen-bond donors (Lipinski definition) is 1. The molecule has 0 saturated heterocycles. The van der Waals surface area contributed by atoms with E-state index in [0.717, 1.165) is 37.2 Å². The van der Waals surface area contributed by atoms with Gasteiger partial charge < -0.3 is 4.57 Å². The lowest BCUT2D eigenvalue weighted by molar-refractivity contribution is 0.323. The van der Waals surface area contributed by atoms with Crippen molar-refractivity contribution in [1.29, 1.82) is 5.26 Å². The van der Waals surface area contributed by atoms with Crippen LogP contribution >= 0.6 is 11.6 Å². The van der Waals surface area contributed by atoms with Crippen molar-refractivity contribution < 1.29 is 17.2 Å². The van der Waals surface area contributed by atoms with E-state index in [1.807, 2.05) is 15.4 Å². The summed E-state index contributed by atoms with van der Waals surface area (Å²) in [5, 5.41) is 11.0. The molecule has 1 aliphatic carbocycles. The van der Waals surface area contributed by atoms with Crippen LogP contribution < -0.4 is 4.72 Å². The SMILES string of the molecule is N#Cc1c(-c2ncc(S(=O)(=O)NC(CF)CF)cn2)n(C2CCC2)c2ccc(Cl)cc12. The Morgan fingerprint density at radius 2 is 1.94 bits per heavy atom. The molecule has 1 aliphatic rings. The summed E-state index contributed by atoms with van der Waals surface area (Å²) in [5.41, 5.74) is 1.68. The van der Waals surface area contributed by atoms with Crippen molar-refractivity contribution in [2.45, 2.75) is 36.2 Å². The monoisotopic (exact) mass is 465 g/mol. The summed E-state index contributed by atoms with van der Waals surface area (Å²) in [7, 11) is -4.19. The molecule has 0 unspecified atom stereocenters. The standard InChI is InChI=1S/C20H18ClF2N5O2S/c21-12-4-5-18-16(6-12)17(9-24)19(28(18)14-2-1-3-14)20-25-10-15(11-26-20)31(29,30)27-13(7-22)8-23/h4-6,10-11,13-14,27H,1-3,7-8H2. The third kappa shape index (κ3) is 3.89. The van der Waals surface area contributed by atoms with Crippen molar-refractivity contribution in [2.24, 2.45) is 0 Å². The van der Waals surface area contributed by atoms with Gasteiger partial charge in [-0.3, -0.25) is 0 Å². The fourth-order valence-corrected chi connectivity index (χ4v) is 4.87. The molecule has 162 valence electrons. The number of benzene rings is 1. The Bertz CT molecular complexity index is 1260. The molecule has 2 heterocycles. The zero-order valence-corrected chi connectivity index (χ0v) is 17.8. The molecule has 1 fully saturated rings. The fraction of sp³-hybridized carbons (Fsp3) is 0.350. The molecule has 4 rings (SSSR count). The Morgan fingerprint density at radius 3 is 2.48 bits per heavy atom. The van der Waals surface area contributed by atoms with Gasteiger partial charge in [0.25, 0.3) is 0 Å². The summed E-state index contributed by atoms with van der Waals surface area (Å²) < 4.78 is 54.1. The zero-order chi connectivity index (χ0) is 22.2. The van der Waals surface area contributed by atoms with Gasteiger partial charge in [0, 0.05) is 16.5 Å². The van der Waals surface area contributed by atoms with E-state index >= 15 is 0 Å². The normalized spacial score (nSPS) is 14.7. The highest BCUT2D eigenvalue weighted by Crippen LogP contribution is 2.42. The lowest BCUT2D eigenvalue weighted by Crippen LogP contribution is -2.38. The summed E-state index contributed by atoms with van der Waals surface area (Å²) >= 11 is 6.14. The van der Waals surface area contributed by atoms with Crippen LogP contribution in [0.2, 0.25) is 5.02 Å². The number of hydrogen-bond acceptors (Lipinski definition) is 5. The van der Waals surface area contributed by atoms with Crippen LogP contribution in [0.5, 0.6) is 0 Å². The van der Waals surface area contributed by atoms with Gasteiger partial charge in [-0.05, 0) is 37.5 Å². The molecule has 0 atom stereocenters. The minimum atomic E-state index is -4.19. The van der Waals surface area contributed by atoms with E-state index in [4.69, 9.17) is 11.6 Å². The summed E-state index contributed by atoms with van der Waals surface area (Å²) in [6.45, 7) is -2.35. The van der Waals surface area contributed by atoms with Gasteiger partial charge >= 0.3 is 0 Å². The maximum Gasteiger partial charge on any atom is 0.244 e. The van der Waals surface area contributed by atoms with Crippen molar-refractivity contribution in [3.8, 4) is 17.6 Å². The van der Waals surface area contributed by atoms with E-state index in [2.05, 4.69) is 16.0 Å². The van der Waals surface area contributed by atoms with E-state index in [0.29, 0.717) is 21.7 Å². The third-order valence-electron chi connectivity index (χ3n) is 5.36. The van der Waals surface area contributed by atoms with Gasteiger partial charge in [0.2, 0.25) is 10.0 Å². The first-order valence-corrected chi connectivity index (χ1v) is 11.5. The van der Waals surface area contributed by atoms with E-state index in [9.17, 15) is 22.5 Å². The van der Waals surface area contributed by atoms with Crippen molar-refractivity contribution >= 4 is 32.5 Å². The highest BCUT2D eigenvalue weighted by molar-refractivity contribution is 7.89. The average molecular weight is 466 g/mol. The summed E-state index contributed by atoms with van der Waals surface area (Å²) in [4.78, 5) is 8.04. The number of halogens is 3. The third-order valence-corrected chi connectivity index (χ3v) is 7.07. The minimum Gasteiger partial charge on any atom is -0.334 e. The molecular weight excluding hydrogens is 448 g/mol. The lowest BCUT2D eigenvalue weighted by Gasteiger charge is -2.29. The second-order valence-electron chi connectivity index (χ2n) is 7.32. The maximum atomic E-state index is 12.7. The first kappa shape index (κ1) is 21.6. The number of sulfonamides is 1. The minimum absolute atomic E-state index is 0.171. The van der Waals surface area contributed by atoms with Gasteiger partial charge in [-0.15, -0.1) is 0 Å². The summed E-state index contributed by atoms with van der Waals surface area (Å²) in [6.07, 6.45) is 5.07. The number of nitrogens with zero attached hydrogens (tertiary/aromatic N) is 4. The van der Waals surface area contributed by atoms with Crippen molar-refractivity contribution in [1.82, 2.24) is 19.3 Å². The zero-order valence-electron chi connectivity index (χ0n) is 16.2. The molecule has 11 heteroatoms. The molecule has 0 spiro atoms. The number of nitriles is 1. The van der Waals surface area contributed by atoms with Gasteiger partial charge in [-0.25, -0.2) is 31.9 Å². The van der Waals surface area contributed by atoms with Crippen LogP contribution in [0.25, 0.3) is 22.4 Å². The smallest absolute Gasteiger partial charge is 0.244 e. The van der Waals surface area contributed by atoms with Crippen molar-refractivity contribution in [3.63, 3.8) is 0 Å². The molecule has 1 aromatic carbocycles. The highest BCUT2D eigenvalue weighted by atomic mass is 35.5. The van der Waals surface area contributed by atoms with Crippen LogP contribution in [-0.2, 0) is 10.0 Å². The Kier molecular flexibility index (Phi) is 5.92. The maximum absolute atomic E-state index is 12.7. The number of aromatic nitrogens is 3. The average Bonchev–Trinajstić information content (AvgIpc) is 3.04. The molecule has 0 amide bonds. The summed E-state index contributed by atoms with van der Waals surface area (Å²) in [6, 6.07) is 6.21. The Balaban J connectivity index is 1.81. The highest BCUT2D eigenvalue weighted by Gasteiger charge is 2.29. The first-order valence-electron chi connectivity index (χ1n) is 9.59. The molecule has 31 heavy (non-hydrogen) atoms. The Morgan fingerprint density at radius 1 is 1.26 bits per heavy atom. The Labute approximate surface area is 182 Å². The molecule has 7 nitrogen and oxygen atoms in total. The number of rotatable bonds is 7. The number of nitrogens with one attached hydrogen (secondary N) is 1. The second-order valence-corrected chi connectivity index (χ2v) is 9.47. The van der Waals surface area contributed by atoms with Gasteiger partial charge in [-0.1, -0.05) is 11.6 Å². The second kappa shape index (κ2) is 8.49. The van der Waals surface area contributed by atoms with Crippen molar-refractivity contribution in [3.05, 3.63) is 41.2 Å².